The summed E-state index contributed by atoms with van der Waals surface area (Å²) in [5.74, 6) is 1.16. The monoisotopic (exact) mass is 341 g/mol. The van der Waals surface area contributed by atoms with Gasteiger partial charge in [0.05, 0.1) is 17.3 Å². The topological polar surface area (TPSA) is 85.9 Å². The second-order valence-corrected chi connectivity index (χ2v) is 4.45. The van der Waals surface area contributed by atoms with E-state index in [9.17, 15) is 4.79 Å². The second-order valence-electron chi connectivity index (χ2n) is 3.60. The van der Waals surface area contributed by atoms with Crippen LogP contribution >= 0.6 is 15.9 Å². The number of urea groups is 1. The number of primary amides is 1. The number of carbonyl (C=O) groups is 1. The number of nitrogens with one attached hydrogen (secondary N) is 1. The Balaban J connectivity index is 3.02. The number of benzene rings is 1. The van der Waals surface area contributed by atoms with E-state index in [2.05, 4.69) is 33.0 Å². The Labute approximate surface area is 125 Å². The highest BCUT2D eigenvalue weighted by atomic mass is 79.9. The molecule has 1 aromatic rings. The molecule has 0 aliphatic heterocycles. The van der Waals surface area contributed by atoms with Gasteiger partial charge in [0.1, 0.15) is 6.61 Å². The number of hydrogen-bond acceptors (Lipinski definition) is 4. The maximum Gasteiger partial charge on any atom is 0.332 e. The lowest BCUT2D eigenvalue weighted by molar-refractivity contribution is 0.249. The van der Waals surface area contributed by atoms with Crippen molar-refractivity contribution in [1.82, 2.24) is 5.43 Å². The third-order valence-electron chi connectivity index (χ3n) is 2.07. The standard InChI is InChI=1S/C13H16BrN3O3/c1-3-5-20-12-10(14)6-9(7-11(12)19-4-2)8-16-17-13(15)18/h3,6-8H,1,4-5H2,2H3,(H3,15,17,18)/b16-8+. The largest absolute Gasteiger partial charge is 0.490 e. The summed E-state index contributed by atoms with van der Waals surface area (Å²) in [4.78, 5) is 10.5. The van der Waals surface area contributed by atoms with E-state index in [0.29, 0.717) is 29.2 Å². The Morgan fingerprint density at radius 3 is 2.90 bits per heavy atom. The quantitative estimate of drug-likeness (QED) is 0.453. The van der Waals surface area contributed by atoms with E-state index >= 15 is 0 Å². The van der Waals surface area contributed by atoms with Crippen molar-refractivity contribution in [2.75, 3.05) is 13.2 Å². The molecule has 0 saturated heterocycles. The minimum Gasteiger partial charge on any atom is -0.490 e. The molecule has 0 radical (unpaired) electrons. The van der Waals surface area contributed by atoms with Crippen molar-refractivity contribution in [1.29, 1.82) is 0 Å². The highest BCUT2D eigenvalue weighted by Crippen LogP contribution is 2.36. The average molecular weight is 342 g/mol. The van der Waals surface area contributed by atoms with Crippen LogP contribution in [0.5, 0.6) is 11.5 Å². The normalized spacial score (nSPS) is 10.3. The summed E-state index contributed by atoms with van der Waals surface area (Å²) < 4.78 is 11.8. The predicted octanol–water partition coefficient (Wildman–Crippen LogP) is 2.41. The van der Waals surface area contributed by atoms with Gasteiger partial charge in [-0.1, -0.05) is 12.7 Å². The van der Waals surface area contributed by atoms with Crippen molar-refractivity contribution in [3.8, 4) is 11.5 Å². The van der Waals surface area contributed by atoms with Gasteiger partial charge in [0.25, 0.3) is 0 Å². The summed E-state index contributed by atoms with van der Waals surface area (Å²) in [7, 11) is 0. The van der Waals surface area contributed by atoms with Crippen LogP contribution in [0.3, 0.4) is 0 Å². The van der Waals surface area contributed by atoms with E-state index in [1.54, 1.807) is 18.2 Å². The fourth-order valence-electron chi connectivity index (χ4n) is 1.38. The number of halogens is 1. The van der Waals surface area contributed by atoms with Crippen LogP contribution in [0.1, 0.15) is 12.5 Å². The van der Waals surface area contributed by atoms with Crippen LogP contribution in [0.15, 0.2) is 34.4 Å². The van der Waals surface area contributed by atoms with Crippen molar-refractivity contribution in [3.05, 3.63) is 34.8 Å². The molecule has 0 aliphatic rings. The molecule has 0 aliphatic carbocycles. The van der Waals surface area contributed by atoms with Gasteiger partial charge >= 0.3 is 6.03 Å². The summed E-state index contributed by atoms with van der Waals surface area (Å²) in [5.41, 5.74) is 7.76. The lowest BCUT2D eigenvalue weighted by atomic mass is 10.2. The molecule has 20 heavy (non-hydrogen) atoms. The Kier molecular flexibility index (Phi) is 6.58. The van der Waals surface area contributed by atoms with Crippen LogP contribution < -0.4 is 20.6 Å². The Morgan fingerprint density at radius 2 is 2.30 bits per heavy atom. The van der Waals surface area contributed by atoms with Gasteiger partial charge < -0.3 is 15.2 Å². The predicted molar refractivity (Wildman–Crippen MR) is 81.3 cm³/mol. The van der Waals surface area contributed by atoms with E-state index < -0.39 is 6.03 Å². The maximum absolute atomic E-state index is 10.5. The molecule has 0 bridgehead atoms. The molecule has 0 saturated carbocycles. The molecule has 6 nitrogen and oxygen atoms in total. The highest BCUT2D eigenvalue weighted by Gasteiger charge is 2.11. The number of ether oxygens (including phenoxy) is 2. The van der Waals surface area contributed by atoms with Gasteiger partial charge in [-0.05, 0) is 40.5 Å². The van der Waals surface area contributed by atoms with Crippen LogP contribution in [0.25, 0.3) is 0 Å². The molecule has 0 unspecified atom stereocenters. The van der Waals surface area contributed by atoms with Crippen LogP contribution in [-0.4, -0.2) is 25.5 Å². The molecule has 0 fully saturated rings. The van der Waals surface area contributed by atoms with Crippen molar-refractivity contribution in [3.63, 3.8) is 0 Å². The number of hydrazone groups is 1. The molecule has 108 valence electrons. The van der Waals surface area contributed by atoms with Gasteiger partial charge in [-0.2, -0.15) is 5.10 Å². The fraction of sp³-hybridized carbons (Fsp3) is 0.231. The molecule has 1 aromatic carbocycles. The first kappa shape index (κ1) is 16.0. The summed E-state index contributed by atoms with van der Waals surface area (Å²) in [5, 5.41) is 3.69. The van der Waals surface area contributed by atoms with Crippen LogP contribution in [0.2, 0.25) is 0 Å². The van der Waals surface area contributed by atoms with Crippen LogP contribution in [-0.2, 0) is 0 Å². The molecule has 7 heteroatoms. The Hall–Kier alpha value is -2.02. The molecule has 0 aromatic heterocycles. The second kappa shape index (κ2) is 8.21. The molecule has 3 N–H and O–H groups in total. The molecule has 0 spiro atoms. The zero-order chi connectivity index (χ0) is 15.0. The smallest absolute Gasteiger partial charge is 0.332 e. The number of nitrogens with zero attached hydrogens (tertiary/aromatic N) is 1. The van der Waals surface area contributed by atoms with Gasteiger partial charge in [-0.3, -0.25) is 0 Å². The zero-order valence-electron chi connectivity index (χ0n) is 11.1. The van der Waals surface area contributed by atoms with Gasteiger partial charge in [0.15, 0.2) is 11.5 Å². The molecule has 1 rings (SSSR count). The van der Waals surface area contributed by atoms with E-state index in [0.717, 1.165) is 5.56 Å². The van der Waals surface area contributed by atoms with E-state index in [4.69, 9.17) is 15.2 Å². The van der Waals surface area contributed by atoms with Crippen LogP contribution in [0.4, 0.5) is 4.79 Å². The van der Waals surface area contributed by atoms with E-state index in [1.165, 1.54) is 6.21 Å². The Morgan fingerprint density at radius 1 is 1.55 bits per heavy atom. The van der Waals surface area contributed by atoms with Crippen LogP contribution in [0, 0.1) is 0 Å². The van der Waals surface area contributed by atoms with Gasteiger partial charge in [-0.25, -0.2) is 10.2 Å². The number of rotatable bonds is 7. The number of carbonyl (C=O) groups excluding carboxylic acids is 1. The van der Waals surface area contributed by atoms with Crippen molar-refractivity contribution >= 4 is 28.2 Å². The molecular weight excluding hydrogens is 326 g/mol. The molecule has 2 amide bonds. The number of hydrogen-bond donors (Lipinski definition) is 2. The molecule has 0 heterocycles. The maximum atomic E-state index is 10.5. The SMILES string of the molecule is C=CCOc1c(Br)cc(/C=N/NC(N)=O)cc1OCC. The zero-order valence-corrected chi connectivity index (χ0v) is 12.6. The fourth-order valence-corrected chi connectivity index (χ4v) is 1.95. The first-order valence-electron chi connectivity index (χ1n) is 5.87. The summed E-state index contributed by atoms with van der Waals surface area (Å²) in [6.45, 7) is 6.34. The molecule has 0 atom stereocenters. The first-order valence-corrected chi connectivity index (χ1v) is 6.66. The minimum absolute atomic E-state index is 0.370. The Bertz CT molecular complexity index is 518. The van der Waals surface area contributed by atoms with Gasteiger partial charge in [-0.15, -0.1) is 0 Å². The van der Waals surface area contributed by atoms with Gasteiger partial charge in [0.2, 0.25) is 0 Å². The van der Waals surface area contributed by atoms with Gasteiger partial charge in [0, 0.05) is 0 Å². The lowest BCUT2D eigenvalue weighted by Crippen LogP contribution is -2.24. The van der Waals surface area contributed by atoms with E-state index in [1.807, 2.05) is 6.92 Å². The number of amides is 2. The van der Waals surface area contributed by atoms with Crippen molar-refractivity contribution < 1.29 is 14.3 Å². The average Bonchev–Trinajstić information content (AvgIpc) is 2.38. The minimum atomic E-state index is -0.726. The third kappa shape index (κ3) is 4.93. The first-order chi connectivity index (χ1) is 9.58. The third-order valence-corrected chi connectivity index (χ3v) is 2.65. The molecular formula is C13H16BrN3O3. The van der Waals surface area contributed by atoms with E-state index in [-0.39, 0.29) is 0 Å². The van der Waals surface area contributed by atoms with Crippen molar-refractivity contribution in [2.45, 2.75) is 6.92 Å². The summed E-state index contributed by atoms with van der Waals surface area (Å²) in [6, 6.07) is 2.81. The highest BCUT2D eigenvalue weighted by molar-refractivity contribution is 9.10. The lowest BCUT2D eigenvalue weighted by Gasteiger charge is -2.13. The van der Waals surface area contributed by atoms with Crippen molar-refractivity contribution in [2.24, 2.45) is 10.8 Å². The summed E-state index contributed by atoms with van der Waals surface area (Å²) >= 11 is 3.41. The summed E-state index contributed by atoms with van der Waals surface area (Å²) in [6.07, 6.45) is 3.10. The number of nitrogens with two attached hydrogens (primary N) is 1.